The van der Waals surface area contributed by atoms with Gasteiger partial charge in [0.05, 0.1) is 5.60 Å². The highest BCUT2D eigenvalue weighted by molar-refractivity contribution is 5.92. The Balaban J connectivity index is 2.06. The van der Waals surface area contributed by atoms with Gasteiger partial charge in [-0.15, -0.1) is 0 Å². The highest BCUT2D eigenvalue weighted by Crippen LogP contribution is 2.30. The summed E-state index contributed by atoms with van der Waals surface area (Å²) < 4.78 is 0. The summed E-state index contributed by atoms with van der Waals surface area (Å²) in [6.07, 6.45) is 3.41. The second kappa shape index (κ2) is 4.94. The van der Waals surface area contributed by atoms with Crippen molar-refractivity contribution in [2.24, 2.45) is 0 Å². The summed E-state index contributed by atoms with van der Waals surface area (Å²) in [7, 11) is 1.58. The lowest BCUT2D eigenvalue weighted by Gasteiger charge is -2.48. The molecule has 0 aliphatic carbocycles. The van der Waals surface area contributed by atoms with Crippen molar-refractivity contribution in [1.29, 1.82) is 0 Å². The number of carbonyl (C=O) groups is 1. The first-order chi connectivity index (χ1) is 8.58. The van der Waals surface area contributed by atoms with Gasteiger partial charge in [0.1, 0.15) is 5.69 Å². The average Bonchev–Trinajstić information content (AvgIpc) is 2.35. The van der Waals surface area contributed by atoms with Gasteiger partial charge in [-0.05, 0) is 18.6 Å². The first-order valence-electron chi connectivity index (χ1n) is 6.23. The van der Waals surface area contributed by atoms with Crippen LogP contribution in [-0.4, -0.2) is 41.7 Å². The van der Waals surface area contributed by atoms with Crippen molar-refractivity contribution in [2.45, 2.75) is 25.4 Å². The highest BCUT2D eigenvalue weighted by Gasteiger charge is 2.40. The minimum Gasteiger partial charge on any atom is -0.386 e. The van der Waals surface area contributed by atoms with E-state index in [1.165, 1.54) is 0 Å². The summed E-state index contributed by atoms with van der Waals surface area (Å²) >= 11 is 0. The maximum Gasteiger partial charge on any atom is 0.269 e. The molecule has 1 amide bonds. The van der Waals surface area contributed by atoms with Crippen LogP contribution in [-0.2, 0) is 0 Å². The molecule has 5 heteroatoms. The Bertz CT molecular complexity index is 442. The largest absolute Gasteiger partial charge is 0.386 e. The zero-order valence-corrected chi connectivity index (χ0v) is 10.8. The minimum atomic E-state index is -0.564. The number of aromatic nitrogens is 1. The minimum absolute atomic E-state index is 0.193. The quantitative estimate of drug-likeness (QED) is 0.828. The van der Waals surface area contributed by atoms with Crippen molar-refractivity contribution < 1.29 is 9.90 Å². The standard InChI is InChI=1S/C13H19N3O2/c1-3-5-13(18)8-16(9-13)10-4-6-15-11(7-10)12(17)14-2/h4,6-7,18H,3,5,8-9H2,1-2H3,(H,14,17). The Hall–Kier alpha value is -1.62. The molecular weight excluding hydrogens is 230 g/mol. The van der Waals surface area contributed by atoms with Crippen LogP contribution in [0.5, 0.6) is 0 Å². The van der Waals surface area contributed by atoms with Crippen molar-refractivity contribution in [2.75, 3.05) is 25.0 Å². The second-order valence-corrected chi connectivity index (χ2v) is 4.81. The molecule has 1 fully saturated rings. The molecule has 0 atom stereocenters. The molecule has 98 valence electrons. The summed E-state index contributed by atoms with van der Waals surface area (Å²) in [5.41, 5.74) is 0.774. The molecule has 1 saturated heterocycles. The van der Waals surface area contributed by atoms with Crippen molar-refractivity contribution in [3.05, 3.63) is 24.0 Å². The van der Waals surface area contributed by atoms with Gasteiger partial charge in [-0.3, -0.25) is 9.78 Å². The smallest absolute Gasteiger partial charge is 0.269 e. The fraction of sp³-hybridized carbons (Fsp3) is 0.538. The van der Waals surface area contributed by atoms with Crippen LogP contribution in [0.15, 0.2) is 18.3 Å². The topological polar surface area (TPSA) is 65.5 Å². The number of anilines is 1. The molecule has 2 N–H and O–H groups in total. The van der Waals surface area contributed by atoms with Crippen LogP contribution in [0.4, 0.5) is 5.69 Å². The Labute approximate surface area is 107 Å². The number of hydrogen-bond acceptors (Lipinski definition) is 4. The molecule has 1 aromatic rings. The summed E-state index contributed by atoms with van der Waals surface area (Å²) in [5.74, 6) is -0.193. The van der Waals surface area contributed by atoms with Gasteiger partial charge in [0.2, 0.25) is 0 Å². The van der Waals surface area contributed by atoms with E-state index in [0.29, 0.717) is 18.8 Å². The lowest BCUT2D eigenvalue weighted by Crippen LogP contribution is -2.62. The fourth-order valence-corrected chi connectivity index (χ4v) is 2.34. The molecule has 0 aromatic carbocycles. The van der Waals surface area contributed by atoms with Gasteiger partial charge >= 0.3 is 0 Å². The number of carbonyl (C=O) groups excluding carboxylic acids is 1. The zero-order chi connectivity index (χ0) is 13.2. The number of aliphatic hydroxyl groups is 1. The van der Waals surface area contributed by atoms with Crippen molar-refractivity contribution in [3.63, 3.8) is 0 Å². The van der Waals surface area contributed by atoms with E-state index in [-0.39, 0.29) is 5.91 Å². The molecular formula is C13H19N3O2. The number of hydrogen-bond donors (Lipinski definition) is 2. The van der Waals surface area contributed by atoms with Crippen LogP contribution < -0.4 is 10.2 Å². The third-order valence-electron chi connectivity index (χ3n) is 3.25. The maximum atomic E-state index is 11.5. The maximum absolute atomic E-state index is 11.5. The zero-order valence-electron chi connectivity index (χ0n) is 10.8. The van der Waals surface area contributed by atoms with Crippen molar-refractivity contribution >= 4 is 11.6 Å². The SMILES string of the molecule is CCCC1(O)CN(c2ccnc(C(=O)NC)c2)C1. The van der Waals surface area contributed by atoms with Gasteiger partial charge in [-0.2, -0.15) is 0 Å². The molecule has 2 rings (SSSR count). The number of β-amino-alcohol motifs (C(OH)–C–C–N with tert-alkyl or cyclic N) is 1. The van der Waals surface area contributed by atoms with E-state index >= 15 is 0 Å². The predicted molar refractivity (Wildman–Crippen MR) is 69.7 cm³/mol. The Morgan fingerprint density at radius 3 is 2.94 bits per heavy atom. The Kier molecular flexibility index (Phi) is 3.52. The number of nitrogens with zero attached hydrogens (tertiary/aromatic N) is 2. The summed E-state index contributed by atoms with van der Waals surface area (Å²) in [6, 6.07) is 3.61. The van der Waals surface area contributed by atoms with E-state index in [1.807, 2.05) is 6.07 Å². The summed E-state index contributed by atoms with van der Waals surface area (Å²) in [4.78, 5) is 17.6. The second-order valence-electron chi connectivity index (χ2n) is 4.81. The molecule has 1 aliphatic heterocycles. The normalized spacial score (nSPS) is 17.2. The van der Waals surface area contributed by atoms with Crippen LogP contribution >= 0.6 is 0 Å². The van der Waals surface area contributed by atoms with Crippen molar-refractivity contribution in [3.8, 4) is 0 Å². The van der Waals surface area contributed by atoms with Gasteiger partial charge in [-0.1, -0.05) is 13.3 Å². The molecule has 1 aromatic heterocycles. The van der Waals surface area contributed by atoms with Gasteiger partial charge in [0, 0.05) is 32.0 Å². The predicted octanol–water partition coefficient (Wildman–Crippen LogP) is 0.792. The lowest BCUT2D eigenvalue weighted by molar-refractivity contribution is 0.00339. The molecule has 5 nitrogen and oxygen atoms in total. The van der Waals surface area contributed by atoms with Crippen LogP contribution in [0, 0.1) is 0 Å². The molecule has 0 bridgehead atoms. The number of rotatable bonds is 4. The third kappa shape index (κ3) is 2.46. The Morgan fingerprint density at radius 1 is 1.61 bits per heavy atom. The van der Waals surface area contributed by atoms with Crippen molar-refractivity contribution in [1.82, 2.24) is 10.3 Å². The first-order valence-corrected chi connectivity index (χ1v) is 6.23. The van der Waals surface area contributed by atoms with E-state index in [0.717, 1.165) is 18.5 Å². The van der Waals surface area contributed by atoms with Crippen LogP contribution in [0.2, 0.25) is 0 Å². The van der Waals surface area contributed by atoms with E-state index in [9.17, 15) is 9.90 Å². The van der Waals surface area contributed by atoms with Gasteiger partial charge in [0.15, 0.2) is 0 Å². The molecule has 0 saturated carbocycles. The molecule has 0 spiro atoms. The van der Waals surface area contributed by atoms with Gasteiger partial charge in [0.25, 0.3) is 5.91 Å². The molecule has 2 heterocycles. The van der Waals surface area contributed by atoms with E-state index in [4.69, 9.17) is 0 Å². The van der Waals surface area contributed by atoms with Crippen LogP contribution in [0.1, 0.15) is 30.3 Å². The monoisotopic (exact) mass is 249 g/mol. The number of pyridine rings is 1. The summed E-state index contributed by atoms with van der Waals surface area (Å²) in [5, 5.41) is 12.7. The molecule has 0 unspecified atom stereocenters. The van der Waals surface area contributed by atoms with E-state index in [1.54, 1.807) is 19.3 Å². The van der Waals surface area contributed by atoms with Gasteiger partial charge < -0.3 is 15.3 Å². The van der Waals surface area contributed by atoms with E-state index in [2.05, 4.69) is 22.1 Å². The molecule has 1 aliphatic rings. The lowest BCUT2D eigenvalue weighted by atomic mass is 9.89. The van der Waals surface area contributed by atoms with Crippen LogP contribution in [0.3, 0.4) is 0 Å². The highest BCUT2D eigenvalue weighted by atomic mass is 16.3. The number of amides is 1. The first kappa shape index (κ1) is 12.8. The molecule has 0 radical (unpaired) electrons. The fourth-order valence-electron chi connectivity index (χ4n) is 2.34. The van der Waals surface area contributed by atoms with Gasteiger partial charge in [-0.25, -0.2) is 0 Å². The van der Waals surface area contributed by atoms with E-state index < -0.39 is 5.60 Å². The number of nitrogens with one attached hydrogen (secondary N) is 1. The average molecular weight is 249 g/mol. The molecule has 18 heavy (non-hydrogen) atoms. The van der Waals surface area contributed by atoms with Crippen LogP contribution in [0.25, 0.3) is 0 Å². The summed E-state index contributed by atoms with van der Waals surface area (Å²) in [6.45, 7) is 3.31. The Morgan fingerprint density at radius 2 is 2.33 bits per heavy atom. The third-order valence-corrected chi connectivity index (χ3v) is 3.25.